The van der Waals surface area contributed by atoms with E-state index >= 15 is 0 Å². The van der Waals surface area contributed by atoms with Crippen LogP contribution in [0.4, 0.5) is 17.6 Å². The zero-order chi connectivity index (χ0) is 20.1. The largest absolute Gasteiger partial charge is 0.204 e. The lowest BCUT2D eigenvalue weighted by atomic mass is 9.77. The van der Waals surface area contributed by atoms with Gasteiger partial charge in [-0.1, -0.05) is 50.5 Å². The van der Waals surface area contributed by atoms with Gasteiger partial charge in [-0.05, 0) is 73.1 Å². The molecular weight excluding hydrogens is 364 g/mol. The van der Waals surface area contributed by atoms with E-state index in [0.29, 0.717) is 12.3 Å². The van der Waals surface area contributed by atoms with Crippen molar-refractivity contribution in [3.63, 3.8) is 0 Å². The van der Waals surface area contributed by atoms with Gasteiger partial charge >= 0.3 is 0 Å². The Morgan fingerprint density at radius 1 is 0.821 bits per heavy atom. The fourth-order valence-corrected chi connectivity index (χ4v) is 4.32. The first-order valence-corrected chi connectivity index (χ1v) is 10.4. The van der Waals surface area contributed by atoms with Gasteiger partial charge in [0.2, 0.25) is 0 Å². The summed E-state index contributed by atoms with van der Waals surface area (Å²) in [5.74, 6) is -4.66. The van der Waals surface area contributed by atoms with Gasteiger partial charge in [-0.2, -0.15) is 0 Å². The highest BCUT2D eigenvalue weighted by Crippen LogP contribution is 2.37. The molecule has 2 aromatic rings. The van der Waals surface area contributed by atoms with Crippen LogP contribution in [0.5, 0.6) is 0 Å². The van der Waals surface area contributed by atoms with Crippen molar-refractivity contribution in [3.05, 3.63) is 70.3 Å². The normalized spacial score (nSPS) is 19.8. The van der Waals surface area contributed by atoms with Crippen LogP contribution in [-0.4, -0.2) is 0 Å². The first kappa shape index (κ1) is 20.9. The summed E-state index contributed by atoms with van der Waals surface area (Å²) in [6.07, 6.45) is 9.58. The van der Waals surface area contributed by atoms with E-state index in [2.05, 4.69) is 19.1 Å². The molecule has 0 N–H and O–H groups in total. The number of halogens is 4. The van der Waals surface area contributed by atoms with Crippen LogP contribution >= 0.6 is 0 Å². The topological polar surface area (TPSA) is 0 Å². The standard InChI is InChI=1S/C24H28F4/c1-2-3-4-16-5-10-18(11-6-16)19-12-7-17(8-13-19)9-14-20-15-21(25)23(27)24(28)22(20)26/h7-8,12-13,15-16,18H,2-6,9-11,14H2,1H3/t16-,18-. The fraction of sp³-hybridized carbons (Fsp3) is 0.500. The van der Waals surface area contributed by atoms with E-state index in [1.807, 2.05) is 12.1 Å². The van der Waals surface area contributed by atoms with Crippen LogP contribution in [0.3, 0.4) is 0 Å². The predicted molar refractivity (Wildman–Crippen MR) is 104 cm³/mol. The van der Waals surface area contributed by atoms with Gasteiger partial charge in [0.25, 0.3) is 0 Å². The van der Waals surface area contributed by atoms with Crippen LogP contribution in [0.1, 0.15) is 74.5 Å². The maximum Gasteiger partial charge on any atom is 0.197 e. The number of aryl methyl sites for hydroxylation is 2. The van der Waals surface area contributed by atoms with E-state index < -0.39 is 23.3 Å². The molecule has 0 radical (unpaired) electrons. The molecule has 0 unspecified atom stereocenters. The van der Waals surface area contributed by atoms with Crippen molar-refractivity contribution in [3.8, 4) is 0 Å². The van der Waals surface area contributed by atoms with Crippen LogP contribution in [0.25, 0.3) is 0 Å². The molecule has 0 atom stereocenters. The van der Waals surface area contributed by atoms with Gasteiger partial charge in [0, 0.05) is 0 Å². The van der Waals surface area contributed by atoms with E-state index in [9.17, 15) is 17.6 Å². The summed E-state index contributed by atoms with van der Waals surface area (Å²) in [5, 5.41) is 0. The molecule has 1 fully saturated rings. The summed E-state index contributed by atoms with van der Waals surface area (Å²) in [7, 11) is 0. The zero-order valence-corrected chi connectivity index (χ0v) is 16.4. The molecule has 0 amide bonds. The van der Waals surface area contributed by atoms with Gasteiger partial charge in [0.1, 0.15) is 0 Å². The fourth-order valence-electron chi connectivity index (χ4n) is 4.32. The molecule has 0 spiro atoms. The van der Waals surface area contributed by atoms with E-state index in [4.69, 9.17) is 0 Å². The van der Waals surface area contributed by atoms with Gasteiger partial charge in [-0.15, -0.1) is 0 Å². The summed E-state index contributed by atoms with van der Waals surface area (Å²) in [5.41, 5.74) is 2.18. The number of rotatable bonds is 7. The molecule has 0 aromatic heterocycles. The molecule has 1 saturated carbocycles. The first-order chi connectivity index (χ1) is 13.5. The first-order valence-electron chi connectivity index (χ1n) is 10.4. The molecule has 4 heteroatoms. The highest BCUT2D eigenvalue weighted by molar-refractivity contribution is 5.28. The lowest BCUT2D eigenvalue weighted by molar-refractivity contribution is 0.304. The molecule has 0 saturated heterocycles. The Morgan fingerprint density at radius 2 is 1.50 bits per heavy atom. The Morgan fingerprint density at radius 3 is 2.14 bits per heavy atom. The molecule has 0 heterocycles. The average Bonchev–Trinajstić information content (AvgIpc) is 2.73. The van der Waals surface area contributed by atoms with E-state index in [-0.39, 0.29) is 12.0 Å². The van der Waals surface area contributed by atoms with Crippen molar-refractivity contribution < 1.29 is 17.6 Å². The Labute approximate surface area is 165 Å². The number of unbranched alkanes of at least 4 members (excludes halogenated alkanes) is 1. The monoisotopic (exact) mass is 392 g/mol. The lowest BCUT2D eigenvalue weighted by Gasteiger charge is -2.29. The molecule has 3 rings (SSSR count). The van der Waals surface area contributed by atoms with Gasteiger partial charge in [0.15, 0.2) is 23.3 Å². The SMILES string of the molecule is CCCC[C@H]1CC[C@H](c2ccc(CCc3cc(F)c(F)c(F)c3F)cc2)CC1. The zero-order valence-electron chi connectivity index (χ0n) is 16.4. The smallest absolute Gasteiger partial charge is 0.197 e. The molecule has 0 bridgehead atoms. The number of hydrogen-bond donors (Lipinski definition) is 0. The maximum absolute atomic E-state index is 13.8. The molecule has 0 aliphatic heterocycles. The number of hydrogen-bond acceptors (Lipinski definition) is 0. The van der Waals surface area contributed by atoms with Crippen molar-refractivity contribution in [1.82, 2.24) is 0 Å². The molecule has 152 valence electrons. The van der Waals surface area contributed by atoms with Crippen LogP contribution in [0.2, 0.25) is 0 Å². The molecule has 2 aromatic carbocycles. The van der Waals surface area contributed by atoms with Gasteiger partial charge in [0.05, 0.1) is 0 Å². The van der Waals surface area contributed by atoms with Crippen molar-refractivity contribution in [1.29, 1.82) is 0 Å². The molecular formula is C24H28F4. The van der Waals surface area contributed by atoms with Gasteiger partial charge in [-0.25, -0.2) is 17.6 Å². The van der Waals surface area contributed by atoms with E-state index in [1.54, 1.807) is 0 Å². The summed E-state index contributed by atoms with van der Waals surface area (Å²) in [4.78, 5) is 0. The molecule has 0 nitrogen and oxygen atoms in total. The Balaban J connectivity index is 1.56. The molecule has 1 aliphatic rings. The number of benzene rings is 2. The quantitative estimate of drug-likeness (QED) is 0.260. The summed E-state index contributed by atoms with van der Waals surface area (Å²) >= 11 is 0. The third-order valence-corrected chi connectivity index (χ3v) is 6.12. The maximum atomic E-state index is 13.8. The Kier molecular flexibility index (Phi) is 7.14. The summed E-state index contributed by atoms with van der Waals surface area (Å²) in [6, 6.07) is 9.00. The molecule has 28 heavy (non-hydrogen) atoms. The highest BCUT2D eigenvalue weighted by atomic mass is 19.2. The average molecular weight is 392 g/mol. The van der Waals surface area contributed by atoms with Crippen LogP contribution in [-0.2, 0) is 12.8 Å². The highest BCUT2D eigenvalue weighted by Gasteiger charge is 2.22. The van der Waals surface area contributed by atoms with Gasteiger partial charge in [-0.3, -0.25) is 0 Å². The molecule has 1 aliphatic carbocycles. The van der Waals surface area contributed by atoms with Gasteiger partial charge < -0.3 is 0 Å². The van der Waals surface area contributed by atoms with Crippen molar-refractivity contribution in [2.24, 2.45) is 5.92 Å². The van der Waals surface area contributed by atoms with Crippen molar-refractivity contribution >= 4 is 0 Å². The second-order valence-electron chi connectivity index (χ2n) is 8.06. The second-order valence-corrected chi connectivity index (χ2v) is 8.06. The van der Waals surface area contributed by atoms with Crippen LogP contribution in [0, 0.1) is 29.2 Å². The third-order valence-electron chi connectivity index (χ3n) is 6.12. The minimum absolute atomic E-state index is 0.127. The van der Waals surface area contributed by atoms with E-state index in [1.165, 1.54) is 50.5 Å². The Bertz CT molecular complexity index is 774. The minimum Gasteiger partial charge on any atom is -0.204 e. The lowest BCUT2D eigenvalue weighted by Crippen LogP contribution is -2.13. The predicted octanol–water partition coefficient (Wildman–Crippen LogP) is 7.49. The van der Waals surface area contributed by atoms with Crippen LogP contribution in [0.15, 0.2) is 30.3 Å². The minimum atomic E-state index is -1.75. The van der Waals surface area contributed by atoms with E-state index in [0.717, 1.165) is 17.5 Å². The Hall–Kier alpha value is -1.84. The van der Waals surface area contributed by atoms with Crippen LogP contribution < -0.4 is 0 Å². The third kappa shape index (κ3) is 4.95. The summed E-state index contributed by atoms with van der Waals surface area (Å²) < 4.78 is 53.5. The van der Waals surface area contributed by atoms with Crippen molar-refractivity contribution in [2.45, 2.75) is 70.6 Å². The second kappa shape index (κ2) is 9.58. The summed E-state index contributed by atoms with van der Waals surface area (Å²) in [6.45, 7) is 2.24. The van der Waals surface area contributed by atoms with Crippen molar-refractivity contribution in [2.75, 3.05) is 0 Å².